The van der Waals surface area contributed by atoms with E-state index in [0.717, 1.165) is 12.3 Å². The molecule has 0 heterocycles. The SMILES string of the molecule is [CH2]CC(C)=CCCC(C)C. The van der Waals surface area contributed by atoms with Crippen LogP contribution in [0.2, 0.25) is 0 Å². The Morgan fingerprint density at radius 1 is 1.50 bits per heavy atom. The summed E-state index contributed by atoms with van der Waals surface area (Å²) in [4.78, 5) is 0. The zero-order valence-electron chi connectivity index (χ0n) is 7.48. The molecule has 0 aromatic carbocycles. The van der Waals surface area contributed by atoms with Crippen LogP contribution in [0.4, 0.5) is 0 Å². The molecule has 0 aliphatic rings. The van der Waals surface area contributed by atoms with Crippen LogP contribution < -0.4 is 0 Å². The molecule has 0 saturated carbocycles. The van der Waals surface area contributed by atoms with Crippen molar-refractivity contribution in [1.82, 2.24) is 0 Å². The van der Waals surface area contributed by atoms with E-state index in [2.05, 4.69) is 33.8 Å². The van der Waals surface area contributed by atoms with Gasteiger partial charge < -0.3 is 0 Å². The molecule has 0 unspecified atom stereocenters. The molecule has 1 radical (unpaired) electrons. The minimum absolute atomic E-state index is 0.828. The van der Waals surface area contributed by atoms with Crippen molar-refractivity contribution in [3.8, 4) is 0 Å². The zero-order chi connectivity index (χ0) is 7.98. The lowest BCUT2D eigenvalue weighted by atomic mass is 10.1. The molecule has 0 spiro atoms. The predicted octanol–water partition coefficient (Wildman–Crippen LogP) is 3.59. The fraction of sp³-hybridized carbons (Fsp3) is 0.700. The molecule has 0 aromatic heterocycles. The standard InChI is InChI=1S/C10H19/c1-5-10(4)8-6-7-9(2)3/h8-9H,1,5-7H2,2-4H3. The van der Waals surface area contributed by atoms with Crippen molar-refractivity contribution in [2.75, 3.05) is 0 Å². The van der Waals surface area contributed by atoms with Crippen LogP contribution >= 0.6 is 0 Å². The number of hydrogen-bond acceptors (Lipinski definition) is 0. The summed E-state index contributed by atoms with van der Waals surface area (Å²) >= 11 is 0. The summed E-state index contributed by atoms with van der Waals surface area (Å²) in [6, 6.07) is 0. The third kappa shape index (κ3) is 5.87. The van der Waals surface area contributed by atoms with Gasteiger partial charge in [-0.1, -0.05) is 25.5 Å². The van der Waals surface area contributed by atoms with Gasteiger partial charge >= 0.3 is 0 Å². The van der Waals surface area contributed by atoms with E-state index in [1.807, 2.05) is 0 Å². The quantitative estimate of drug-likeness (QED) is 0.522. The normalized spacial score (nSPS) is 12.7. The lowest BCUT2D eigenvalue weighted by Crippen LogP contribution is -1.84. The minimum atomic E-state index is 0.828. The molecule has 10 heavy (non-hydrogen) atoms. The molecular formula is C10H19. The molecule has 0 amide bonds. The first-order valence-corrected chi connectivity index (χ1v) is 4.11. The summed E-state index contributed by atoms with van der Waals surface area (Å²) in [5, 5.41) is 0. The minimum Gasteiger partial charge on any atom is -0.0856 e. The first-order valence-electron chi connectivity index (χ1n) is 4.11. The third-order valence-electron chi connectivity index (χ3n) is 1.63. The maximum atomic E-state index is 3.82. The fourth-order valence-corrected chi connectivity index (χ4v) is 0.765. The molecule has 0 nitrogen and oxygen atoms in total. The summed E-state index contributed by atoms with van der Waals surface area (Å²) in [5.41, 5.74) is 1.42. The van der Waals surface area contributed by atoms with Crippen molar-refractivity contribution in [2.24, 2.45) is 5.92 Å². The lowest BCUT2D eigenvalue weighted by Gasteiger charge is -2.00. The molecule has 0 aliphatic carbocycles. The highest BCUT2D eigenvalue weighted by Gasteiger charge is 1.90. The molecule has 0 aliphatic heterocycles. The van der Waals surface area contributed by atoms with Crippen LogP contribution in [0, 0.1) is 12.8 Å². The number of allylic oxidation sites excluding steroid dienone is 2. The molecule has 0 fully saturated rings. The summed E-state index contributed by atoms with van der Waals surface area (Å²) in [6.45, 7) is 10.5. The molecule has 0 bridgehead atoms. The number of hydrogen-bond donors (Lipinski definition) is 0. The van der Waals surface area contributed by atoms with Crippen LogP contribution in [0.15, 0.2) is 11.6 Å². The molecule has 59 valence electrons. The van der Waals surface area contributed by atoms with Gasteiger partial charge in [0.05, 0.1) is 0 Å². The maximum absolute atomic E-state index is 3.82. The van der Waals surface area contributed by atoms with Gasteiger partial charge in [0.25, 0.3) is 0 Å². The van der Waals surface area contributed by atoms with E-state index in [0.29, 0.717) is 0 Å². The zero-order valence-corrected chi connectivity index (χ0v) is 7.48. The summed E-state index contributed by atoms with van der Waals surface area (Å²) < 4.78 is 0. The molecule has 0 aromatic rings. The van der Waals surface area contributed by atoms with Crippen molar-refractivity contribution >= 4 is 0 Å². The second-order valence-electron chi connectivity index (χ2n) is 3.27. The Morgan fingerprint density at radius 3 is 2.50 bits per heavy atom. The third-order valence-corrected chi connectivity index (χ3v) is 1.63. The first kappa shape index (κ1) is 9.74. The van der Waals surface area contributed by atoms with Crippen molar-refractivity contribution in [1.29, 1.82) is 0 Å². The van der Waals surface area contributed by atoms with Crippen LogP contribution in [-0.2, 0) is 0 Å². The van der Waals surface area contributed by atoms with Crippen molar-refractivity contribution in [3.63, 3.8) is 0 Å². The Hall–Kier alpha value is -0.260. The Bertz CT molecular complexity index is 98.6. The van der Waals surface area contributed by atoms with Gasteiger partial charge in [-0.15, -0.1) is 0 Å². The average molecular weight is 139 g/mol. The van der Waals surface area contributed by atoms with Gasteiger partial charge in [0.15, 0.2) is 0 Å². The highest BCUT2D eigenvalue weighted by molar-refractivity contribution is 4.98. The molecule has 0 N–H and O–H groups in total. The van der Waals surface area contributed by atoms with E-state index in [-0.39, 0.29) is 0 Å². The Labute approximate surface area is 65.3 Å². The van der Waals surface area contributed by atoms with Gasteiger partial charge in [0, 0.05) is 0 Å². The van der Waals surface area contributed by atoms with Crippen LogP contribution in [0.25, 0.3) is 0 Å². The van der Waals surface area contributed by atoms with Crippen LogP contribution in [-0.4, -0.2) is 0 Å². The molecular weight excluding hydrogens is 120 g/mol. The van der Waals surface area contributed by atoms with E-state index in [4.69, 9.17) is 0 Å². The monoisotopic (exact) mass is 139 g/mol. The van der Waals surface area contributed by atoms with Crippen LogP contribution in [0.1, 0.15) is 40.0 Å². The van der Waals surface area contributed by atoms with Crippen molar-refractivity contribution in [3.05, 3.63) is 18.6 Å². The van der Waals surface area contributed by atoms with E-state index >= 15 is 0 Å². The van der Waals surface area contributed by atoms with E-state index in [1.54, 1.807) is 0 Å². The number of rotatable bonds is 4. The van der Waals surface area contributed by atoms with E-state index in [9.17, 15) is 0 Å². The average Bonchev–Trinajstić information content (AvgIpc) is 1.87. The molecule has 0 heteroatoms. The lowest BCUT2D eigenvalue weighted by molar-refractivity contribution is 0.593. The largest absolute Gasteiger partial charge is 0.0856 e. The highest BCUT2D eigenvalue weighted by atomic mass is 14.0. The topological polar surface area (TPSA) is 0 Å². The second-order valence-corrected chi connectivity index (χ2v) is 3.27. The Balaban J connectivity index is 3.34. The molecule has 0 saturated heterocycles. The first-order chi connectivity index (χ1) is 4.66. The smallest absolute Gasteiger partial charge is 0.0323 e. The van der Waals surface area contributed by atoms with Crippen molar-refractivity contribution < 1.29 is 0 Å². The maximum Gasteiger partial charge on any atom is -0.0323 e. The van der Waals surface area contributed by atoms with Crippen LogP contribution in [0.5, 0.6) is 0 Å². The highest BCUT2D eigenvalue weighted by Crippen LogP contribution is 2.07. The Kier molecular flexibility index (Phi) is 5.38. The molecule has 0 atom stereocenters. The van der Waals surface area contributed by atoms with E-state index < -0.39 is 0 Å². The van der Waals surface area contributed by atoms with Gasteiger partial charge in [-0.25, -0.2) is 0 Å². The molecule has 0 rings (SSSR count). The van der Waals surface area contributed by atoms with Gasteiger partial charge in [0.1, 0.15) is 0 Å². The fourth-order valence-electron chi connectivity index (χ4n) is 0.765. The van der Waals surface area contributed by atoms with E-state index in [1.165, 1.54) is 18.4 Å². The van der Waals surface area contributed by atoms with Gasteiger partial charge in [-0.2, -0.15) is 0 Å². The van der Waals surface area contributed by atoms with Crippen LogP contribution in [0.3, 0.4) is 0 Å². The summed E-state index contributed by atoms with van der Waals surface area (Å²) in [7, 11) is 0. The predicted molar refractivity (Wildman–Crippen MR) is 47.8 cm³/mol. The Morgan fingerprint density at radius 2 is 2.10 bits per heavy atom. The van der Waals surface area contributed by atoms with Gasteiger partial charge in [-0.05, 0) is 39.0 Å². The van der Waals surface area contributed by atoms with Gasteiger partial charge in [0.2, 0.25) is 0 Å². The van der Waals surface area contributed by atoms with Gasteiger partial charge in [-0.3, -0.25) is 0 Å². The summed E-state index contributed by atoms with van der Waals surface area (Å²) in [5.74, 6) is 0.828. The summed E-state index contributed by atoms with van der Waals surface area (Å²) in [6.07, 6.45) is 5.78. The second kappa shape index (κ2) is 5.52. The van der Waals surface area contributed by atoms with Crippen molar-refractivity contribution in [2.45, 2.75) is 40.0 Å².